The van der Waals surface area contributed by atoms with Gasteiger partial charge < -0.3 is 10.1 Å². The van der Waals surface area contributed by atoms with Crippen LogP contribution in [0.2, 0.25) is 0 Å². The summed E-state index contributed by atoms with van der Waals surface area (Å²) in [5, 5.41) is 15.9. The van der Waals surface area contributed by atoms with Crippen molar-refractivity contribution in [2.75, 3.05) is 0 Å². The minimum Gasteiger partial charge on any atom is -0.449 e. The third-order valence-corrected chi connectivity index (χ3v) is 4.60. The summed E-state index contributed by atoms with van der Waals surface area (Å²) >= 11 is 1.53. The molecule has 1 fully saturated rings. The topological polar surface area (TPSA) is 79.2 Å². The summed E-state index contributed by atoms with van der Waals surface area (Å²) in [7, 11) is 0. The van der Waals surface area contributed by atoms with Gasteiger partial charge in [0.05, 0.1) is 6.07 Å². The van der Waals surface area contributed by atoms with Gasteiger partial charge in [-0.1, -0.05) is 19.3 Å². The van der Waals surface area contributed by atoms with Crippen molar-refractivity contribution in [1.82, 2.24) is 5.32 Å². The highest BCUT2D eigenvalue weighted by Crippen LogP contribution is 2.27. The third-order valence-electron chi connectivity index (χ3n) is 3.90. The Hall–Kier alpha value is -2.13. The van der Waals surface area contributed by atoms with Gasteiger partial charge in [-0.15, -0.1) is 0 Å². The molecule has 1 N–H and O–H groups in total. The van der Waals surface area contributed by atoms with Crippen molar-refractivity contribution >= 4 is 29.3 Å². The number of ether oxygens (including phenoxy) is 1. The first-order valence-electron chi connectivity index (χ1n) is 7.69. The maximum atomic E-state index is 12.2. The van der Waals surface area contributed by atoms with Crippen LogP contribution in [-0.2, 0) is 14.3 Å². The molecule has 1 atom stereocenters. The van der Waals surface area contributed by atoms with Crippen molar-refractivity contribution in [3.8, 4) is 6.07 Å². The number of thiophene rings is 1. The molecular formula is C17H20N2O3S. The van der Waals surface area contributed by atoms with Gasteiger partial charge in [0.25, 0.3) is 5.91 Å². The second-order valence-electron chi connectivity index (χ2n) is 5.71. The van der Waals surface area contributed by atoms with Crippen molar-refractivity contribution < 1.29 is 14.3 Å². The molecule has 5 nitrogen and oxygen atoms in total. The molecule has 2 rings (SSSR count). The van der Waals surface area contributed by atoms with Crippen LogP contribution in [0.4, 0.5) is 0 Å². The summed E-state index contributed by atoms with van der Waals surface area (Å²) in [5.41, 5.74) is 0.0948. The van der Waals surface area contributed by atoms with E-state index in [-0.39, 0.29) is 0 Å². The minimum absolute atomic E-state index is 0.425. The Labute approximate surface area is 139 Å². The van der Waals surface area contributed by atoms with E-state index < -0.39 is 23.5 Å². The Kier molecular flexibility index (Phi) is 5.94. The number of hydrogen-bond donors (Lipinski definition) is 1. The van der Waals surface area contributed by atoms with Crippen LogP contribution in [0.15, 0.2) is 22.9 Å². The maximum absolute atomic E-state index is 12.2. The Bertz CT molecular complexity index is 610. The van der Waals surface area contributed by atoms with E-state index in [4.69, 9.17) is 4.74 Å². The molecule has 23 heavy (non-hydrogen) atoms. The Morgan fingerprint density at radius 1 is 1.43 bits per heavy atom. The Morgan fingerprint density at radius 2 is 2.17 bits per heavy atom. The number of hydrogen-bond acceptors (Lipinski definition) is 5. The second-order valence-corrected chi connectivity index (χ2v) is 6.49. The molecule has 1 aromatic rings. The smallest absolute Gasteiger partial charge is 0.331 e. The normalized spacial score (nSPS) is 18.1. The van der Waals surface area contributed by atoms with Crippen LogP contribution in [-0.4, -0.2) is 23.5 Å². The van der Waals surface area contributed by atoms with Crippen LogP contribution in [0.5, 0.6) is 0 Å². The molecule has 1 aliphatic carbocycles. The van der Waals surface area contributed by atoms with E-state index in [9.17, 15) is 14.9 Å². The Morgan fingerprint density at radius 3 is 2.78 bits per heavy atom. The van der Waals surface area contributed by atoms with E-state index in [1.54, 1.807) is 6.08 Å². The second kappa shape index (κ2) is 7.93. The quantitative estimate of drug-likeness (QED) is 0.664. The number of nitriles is 1. The first-order chi connectivity index (χ1) is 11.0. The number of nitrogens with zero attached hydrogens (tertiary/aromatic N) is 1. The monoisotopic (exact) mass is 332 g/mol. The molecule has 0 aromatic carbocycles. The van der Waals surface area contributed by atoms with Crippen molar-refractivity contribution in [1.29, 1.82) is 5.26 Å². The summed E-state index contributed by atoms with van der Waals surface area (Å²) in [4.78, 5) is 23.9. The highest BCUT2D eigenvalue weighted by atomic mass is 32.1. The van der Waals surface area contributed by atoms with E-state index in [0.29, 0.717) is 12.8 Å². The predicted octanol–water partition coefficient (Wildman–Crippen LogP) is 3.04. The first-order valence-corrected chi connectivity index (χ1v) is 8.63. The summed E-state index contributed by atoms with van der Waals surface area (Å²) in [6.45, 7) is 1.51. The van der Waals surface area contributed by atoms with E-state index in [1.807, 2.05) is 16.8 Å². The molecule has 0 saturated heterocycles. The number of amides is 1. The standard InChI is InChI=1S/C17H20N2O3S/c1-13(22-15(20)6-5-14-7-10-23-11-14)16(21)19-17(12-18)8-3-2-4-9-17/h5-7,10-11,13H,2-4,8-9H2,1H3,(H,19,21)/b6-5+/t13-/m0/s1. The third kappa shape index (κ3) is 4.93. The van der Waals surface area contributed by atoms with Gasteiger partial charge in [-0.2, -0.15) is 16.6 Å². The summed E-state index contributed by atoms with van der Waals surface area (Å²) < 4.78 is 5.10. The average molecular weight is 332 g/mol. The molecule has 6 heteroatoms. The minimum atomic E-state index is -0.929. The van der Waals surface area contributed by atoms with Crippen LogP contribution in [0.3, 0.4) is 0 Å². The molecule has 122 valence electrons. The van der Waals surface area contributed by atoms with Gasteiger partial charge in [0.2, 0.25) is 0 Å². The predicted molar refractivity (Wildman–Crippen MR) is 88.5 cm³/mol. The number of nitrogens with one attached hydrogen (secondary N) is 1. The fourth-order valence-corrected chi connectivity index (χ4v) is 3.19. The van der Waals surface area contributed by atoms with E-state index >= 15 is 0 Å². The zero-order valence-corrected chi connectivity index (χ0v) is 13.9. The molecule has 1 aromatic heterocycles. The van der Waals surface area contributed by atoms with E-state index in [0.717, 1.165) is 24.8 Å². The van der Waals surface area contributed by atoms with Gasteiger partial charge in [-0.05, 0) is 48.2 Å². The largest absolute Gasteiger partial charge is 0.449 e. The Balaban J connectivity index is 1.87. The van der Waals surface area contributed by atoms with Gasteiger partial charge in [0, 0.05) is 6.08 Å². The molecule has 0 spiro atoms. The summed E-state index contributed by atoms with van der Waals surface area (Å²) in [6, 6.07) is 4.09. The lowest BCUT2D eigenvalue weighted by molar-refractivity contribution is -0.150. The van der Waals surface area contributed by atoms with Crippen LogP contribution >= 0.6 is 11.3 Å². The zero-order chi connectivity index (χ0) is 16.7. The maximum Gasteiger partial charge on any atom is 0.331 e. The van der Waals surface area contributed by atoms with Gasteiger partial charge in [-0.25, -0.2) is 4.79 Å². The van der Waals surface area contributed by atoms with Crippen molar-refractivity contribution in [3.63, 3.8) is 0 Å². The van der Waals surface area contributed by atoms with Gasteiger partial charge >= 0.3 is 5.97 Å². The average Bonchev–Trinajstić information content (AvgIpc) is 3.07. The van der Waals surface area contributed by atoms with Gasteiger partial charge in [0.1, 0.15) is 5.54 Å². The lowest BCUT2D eigenvalue weighted by Gasteiger charge is -2.32. The van der Waals surface area contributed by atoms with Gasteiger partial charge in [-0.3, -0.25) is 4.79 Å². The molecule has 1 saturated carbocycles. The van der Waals surface area contributed by atoms with E-state index in [2.05, 4.69) is 11.4 Å². The highest BCUT2D eigenvalue weighted by molar-refractivity contribution is 7.08. The van der Waals surface area contributed by atoms with Crippen LogP contribution < -0.4 is 5.32 Å². The zero-order valence-electron chi connectivity index (χ0n) is 13.1. The van der Waals surface area contributed by atoms with Crippen molar-refractivity contribution in [2.45, 2.75) is 50.7 Å². The molecule has 0 bridgehead atoms. The SMILES string of the molecule is C[C@H](OC(=O)/C=C/c1ccsc1)C(=O)NC1(C#N)CCCCC1. The lowest BCUT2D eigenvalue weighted by atomic mass is 9.83. The highest BCUT2D eigenvalue weighted by Gasteiger charge is 2.35. The van der Waals surface area contributed by atoms with Gasteiger partial charge in [0.15, 0.2) is 6.10 Å². The van der Waals surface area contributed by atoms with Crippen molar-refractivity contribution in [2.24, 2.45) is 0 Å². The number of carbonyl (C=O) groups excluding carboxylic acids is 2. The molecule has 1 aliphatic rings. The summed E-state index contributed by atoms with van der Waals surface area (Å²) in [6.07, 6.45) is 6.23. The lowest BCUT2D eigenvalue weighted by Crippen LogP contribution is -2.52. The fraction of sp³-hybridized carbons (Fsp3) is 0.471. The van der Waals surface area contributed by atoms with Crippen LogP contribution in [0.25, 0.3) is 6.08 Å². The van der Waals surface area contributed by atoms with E-state index in [1.165, 1.54) is 24.3 Å². The number of esters is 1. The molecule has 1 heterocycles. The molecule has 1 amide bonds. The van der Waals surface area contributed by atoms with Crippen molar-refractivity contribution in [3.05, 3.63) is 28.5 Å². The number of carbonyl (C=O) groups is 2. The molecule has 0 unspecified atom stereocenters. The molecule has 0 aliphatic heterocycles. The first kappa shape index (κ1) is 17.2. The van der Waals surface area contributed by atoms with Crippen LogP contribution in [0, 0.1) is 11.3 Å². The summed E-state index contributed by atoms with van der Waals surface area (Å²) in [5.74, 6) is -1.00. The van der Waals surface area contributed by atoms with Crippen LogP contribution in [0.1, 0.15) is 44.6 Å². The molecular weight excluding hydrogens is 312 g/mol. The fourth-order valence-electron chi connectivity index (χ4n) is 2.56. The molecule has 0 radical (unpaired) electrons. The number of rotatable bonds is 5.